The van der Waals surface area contributed by atoms with Crippen molar-refractivity contribution < 1.29 is 17.9 Å². The van der Waals surface area contributed by atoms with Crippen LogP contribution in [0.5, 0.6) is 5.75 Å². The number of nitrogens with two attached hydrogens (primary N) is 1. The highest BCUT2D eigenvalue weighted by molar-refractivity contribution is 5.27. The minimum absolute atomic E-state index is 0.195. The summed E-state index contributed by atoms with van der Waals surface area (Å²) in [7, 11) is 0. The van der Waals surface area contributed by atoms with E-state index in [4.69, 9.17) is 5.73 Å². The molecule has 0 bridgehead atoms. The summed E-state index contributed by atoms with van der Waals surface area (Å²) >= 11 is 0. The van der Waals surface area contributed by atoms with Gasteiger partial charge < -0.3 is 10.5 Å². The summed E-state index contributed by atoms with van der Waals surface area (Å²) in [5.74, 6) is -0.195. The first-order valence-corrected chi connectivity index (χ1v) is 7.18. The van der Waals surface area contributed by atoms with Crippen molar-refractivity contribution >= 4 is 0 Å². The lowest BCUT2D eigenvalue weighted by atomic mass is 10.1. The van der Waals surface area contributed by atoms with Crippen molar-refractivity contribution in [1.82, 2.24) is 4.90 Å². The molecule has 0 radical (unpaired) electrons. The SMILES string of the molecule is CCC(CC)N(CCN)Cc1ccc(OC(F)(F)F)cc1. The van der Waals surface area contributed by atoms with E-state index in [0.717, 1.165) is 24.9 Å². The van der Waals surface area contributed by atoms with Gasteiger partial charge >= 0.3 is 6.36 Å². The number of nitrogens with zero attached hydrogens (tertiary/aromatic N) is 1. The number of benzene rings is 1. The second-order valence-electron chi connectivity index (χ2n) is 4.92. The summed E-state index contributed by atoms with van der Waals surface area (Å²) in [6.07, 6.45) is -2.61. The number of halogens is 3. The molecule has 0 saturated carbocycles. The number of hydrogen-bond acceptors (Lipinski definition) is 3. The van der Waals surface area contributed by atoms with Crippen LogP contribution in [0.15, 0.2) is 24.3 Å². The van der Waals surface area contributed by atoms with Crippen molar-refractivity contribution in [2.75, 3.05) is 13.1 Å². The molecule has 0 aliphatic carbocycles. The molecule has 1 aromatic carbocycles. The fourth-order valence-corrected chi connectivity index (χ4v) is 2.39. The molecule has 2 N–H and O–H groups in total. The Labute approximate surface area is 123 Å². The van der Waals surface area contributed by atoms with Crippen molar-refractivity contribution in [3.63, 3.8) is 0 Å². The summed E-state index contributed by atoms with van der Waals surface area (Å²) in [4.78, 5) is 2.26. The molecule has 0 atom stereocenters. The van der Waals surface area contributed by atoms with E-state index < -0.39 is 6.36 Å². The molecular formula is C15H23F3N2O. The van der Waals surface area contributed by atoms with E-state index >= 15 is 0 Å². The van der Waals surface area contributed by atoms with E-state index in [2.05, 4.69) is 23.5 Å². The summed E-state index contributed by atoms with van der Waals surface area (Å²) in [5, 5.41) is 0. The normalized spacial score (nSPS) is 12.2. The summed E-state index contributed by atoms with van der Waals surface area (Å²) < 4.78 is 40.2. The second-order valence-corrected chi connectivity index (χ2v) is 4.92. The Hall–Kier alpha value is -1.27. The molecule has 0 unspecified atom stereocenters. The third-order valence-corrected chi connectivity index (χ3v) is 3.42. The predicted molar refractivity (Wildman–Crippen MR) is 77.0 cm³/mol. The Bertz CT molecular complexity index is 402. The zero-order chi connectivity index (χ0) is 15.9. The largest absolute Gasteiger partial charge is 0.573 e. The maximum absolute atomic E-state index is 12.1. The monoisotopic (exact) mass is 304 g/mol. The van der Waals surface area contributed by atoms with Crippen molar-refractivity contribution in [2.45, 2.75) is 45.6 Å². The lowest BCUT2D eigenvalue weighted by molar-refractivity contribution is -0.274. The topological polar surface area (TPSA) is 38.5 Å². The van der Waals surface area contributed by atoms with E-state index in [1.165, 1.54) is 12.1 Å². The van der Waals surface area contributed by atoms with E-state index in [1.807, 2.05) is 0 Å². The van der Waals surface area contributed by atoms with Crippen LogP contribution in [0.25, 0.3) is 0 Å². The van der Waals surface area contributed by atoms with E-state index in [-0.39, 0.29) is 5.75 Å². The standard InChI is InChI=1S/C15H23F3N2O/c1-3-13(4-2)20(10-9-19)11-12-5-7-14(8-6-12)21-15(16,17)18/h5-8,13H,3-4,9-11,19H2,1-2H3. The van der Waals surface area contributed by atoms with Crippen LogP contribution in [0.1, 0.15) is 32.3 Å². The minimum Gasteiger partial charge on any atom is -0.406 e. The fraction of sp³-hybridized carbons (Fsp3) is 0.600. The Balaban J connectivity index is 2.71. The van der Waals surface area contributed by atoms with E-state index in [1.54, 1.807) is 12.1 Å². The summed E-state index contributed by atoms with van der Waals surface area (Å²) in [6.45, 7) is 6.25. The molecular weight excluding hydrogens is 281 g/mol. The van der Waals surface area contributed by atoms with Gasteiger partial charge in [0, 0.05) is 25.7 Å². The lowest BCUT2D eigenvalue weighted by Crippen LogP contribution is -2.37. The Kier molecular flexibility index (Phi) is 6.98. The highest BCUT2D eigenvalue weighted by Gasteiger charge is 2.30. The first kappa shape index (κ1) is 17.8. The molecule has 0 amide bonds. The molecule has 3 nitrogen and oxygen atoms in total. The van der Waals surface area contributed by atoms with Crippen LogP contribution >= 0.6 is 0 Å². The number of rotatable bonds is 8. The minimum atomic E-state index is -4.65. The lowest BCUT2D eigenvalue weighted by Gasteiger charge is -2.30. The first-order chi connectivity index (χ1) is 9.89. The molecule has 0 aliphatic rings. The van der Waals surface area contributed by atoms with Crippen LogP contribution in [-0.4, -0.2) is 30.4 Å². The van der Waals surface area contributed by atoms with Gasteiger partial charge in [0.15, 0.2) is 0 Å². The molecule has 6 heteroatoms. The molecule has 0 heterocycles. The highest BCUT2D eigenvalue weighted by Crippen LogP contribution is 2.23. The average Bonchev–Trinajstić information content (AvgIpc) is 2.41. The molecule has 0 aliphatic heterocycles. The van der Waals surface area contributed by atoms with Gasteiger partial charge in [-0.3, -0.25) is 4.90 Å². The maximum atomic E-state index is 12.1. The van der Waals surface area contributed by atoms with Crippen molar-refractivity contribution in [1.29, 1.82) is 0 Å². The van der Waals surface area contributed by atoms with Crippen LogP contribution < -0.4 is 10.5 Å². The van der Waals surface area contributed by atoms with Gasteiger partial charge in [-0.15, -0.1) is 13.2 Å². The van der Waals surface area contributed by atoms with Gasteiger partial charge in [0.1, 0.15) is 5.75 Å². The third-order valence-electron chi connectivity index (χ3n) is 3.42. The maximum Gasteiger partial charge on any atom is 0.573 e. The van der Waals surface area contributed by atoms with Crippen LogP contribution in [0.2, 0.25) is 0 Å². The first-order valence-electron chi connectivity index (χ1n) is 7.18. The summed E-state index contributed by atoms with van der Waals surface area (Å²) in [6, 6.07) is 6.44. The van der Waals surface area contributed by atoms with Crippen LogP contribution in [0, 0.1) is 0 Å². The molecule has 0 fully saturated rings. The quantitative estimate of drug-likeness (QED) is 0.798. The summed E-state index contributed by atoms with van der Waals surface area (Å²) in [5.41, 5.74) is 6.59. The van der Waals surface area contributed by atoms with Crippen molar-refractivity contribution in [3.05, 3.63) is 29.8 Å². The van der Waals surface area contributed by atoms with Gasteiger partial charge in [-0.25, -0.2) is 0 Å². The Morgan fingerprint density at radius 1 is 1.14 bits per heavy atom. The zero-order valence-electron chi connectivity index (χ0n) is 12.5. The van der Waals surface area contributed by atoms with Crippen LogP contribution in [0.3, 0.4) is 0 Å². The van der Waals surface area contributed by atoms with Crippen LogP contribution in [-0.2, 0) is 6.54 Å². The van der Waals surface area contributed by atoms with Gasteiger partial charge in [-0.2, -0.15) is 0 Å². The Morgan fingerprint density at radius 2 is 1.71 bits per heavy atom. The highest BCUT2D eigenvalue weighted by atomic mass is 19.4. The van der Waals surface area contributed by atoms with Gasteiger partial charge in [0.25, 0.3) is 0 Å². The number of ether oxygens (including phenoxy) is 1. The predicted octanol–water partition coefficient (Wildman–Crippen LogP) is 3.53. The molecule has 0 aromatic heterocycles. The fourth-order valence-electron chi connectivity index (χ4n) is 2.39. The third kappa shape index (κ3) is 6.35. The molecule has 1 rings (SSSR count). The van der Waals surface area contributed by atoms with Gasteiger partial charge in [-0.1, -0.05) is 26.0 Å². The molecule has 0 spiro atoms. The second kappa shape index (κ2) is 8.24. The number of hydrogen-bond donors (Lipinski definition) is 1. The zero-order valence-corrected chi connectivity index (χ0v) is 12.5. The smallest absolute Gasteiger partial charge is 0.406 e. The van der Waals surface area contributed by atoms with Crippen molar-refractivity contribution in [3.8, 4) is 5.75 Å². The van der Waals surface area contributed by atoms with Gasteiger partial charge in [0.2, 0.25) is 0 Å². The van der Waals surface area contributed by atoms with Crippen molar-refractivity contribution in [2.24, 2.45) is 5.73 Å². The molecule has 1 aromatic rings. The average molecular weight is 304 g/mol. The molecule has 120 valence electrons. The van der Waals surface area contributed by atoms with E-state index in [9.17, 15) is 13.2 Å². The van der Waals surface area contributed by atoms with Gasteiger partial charge in [0.05, 0.1) is 0 Å². The van der Waals surface area contributed by atoms with Gasteiger partial charge in [-0.05, 0) is 30.5 Å². The van der Waals surface area contributed by atoms with Crippen LogP contribution in [0.4, 0.5) is 13.2 Å². The van der Waals surface area contributed by atoms with E-state index in [0.29, 0.717) is 19.1 Å². The Morgan fingerprint density at radius 3 is 2.14 bits per heavy atom. The number of alkyl halides is 3. The molecule has 0 saturated heterocycles. The molecule has 21 heavy (non-hydrogen) atoms.